The molecular weight excluding hydrogens is 294 g/mol. The van der Waals surface area contributed by atoms with Crippen molar-refractivity contribution in [2.45, 2.75) is 44.2 Å². The molecule has 0 aromatic heterocycles. The third kappa shape index (κ3) is 4.01. The zero-order valence-electron chi connectivity index (χ0n) is 13.9. The number of nitrogens with two attached hydrogens (primary N) is 1. The number of carbonyl (C=O) groups excluding carboxylic acids is 2. The Labute approximate surface area is 136 Å². The average molecular weight is 319 g/mol. The summed E-state index contributed by atoms with van der Waals surface area (Å²) in [7, 11) is 1.27. The number of nitrogens with one attached hydrogen (secondary N) is 2. The molecule has 23 heavy (non-hydrogen) atoms. The Morgan fingerprint density at radius 2 is 2.09 bits per heavy atom. The van der Waals surface area contributed by atoms with E-state index in [-0.39, 0.29) is 24.5 Å². The number of carbonyl (C=O) groups is 2. The monoisotopic (exact) mass is 319 g/mol. The summed E-state index contributed by atoms with van der Waals surface area (Å²) >= 11 is 0. The van der Waals surface area contributed by atoms with Gasteiger partial charge < -0.3 is 21.1 Å². The average Bonchev–Trinajstić information content (AvgIpc) is 2.55. The van der Waals surface area contributed by atoms with Gasteiger partial charge >= 0.3 is 12.0 Å². The van der Waals surface area contributed by atoms with E-state index in [1.165, 1.54) is 25.2 Å². The third-order valence-corrected chi connectivity index (χ3v) is 4.46. The number of hydrogen-bond donors (Lipinski definition) is 3. The van der Waals surface area contributed by atoms with Gasteiger partial charge in [-0.05, 0) is 30.9 Å². The van der Waals surface area contributed by atoms with Crippen LogP contribution in [0.4, 0.5) is 4.79 Å². The molecule has 4 N–H and O–H groups in total. The molecule has 0 saturated heterocycles. The molecular formula is C17H25N3O3. The Bertz CT molecular complexity index is 586. The Hall–Kier alpha value is -2.08. The maximum absolute atomic E-state index is 12.1. The number of aryl methyl sites for hydroxylation is 1. The Kier molecular flexibility index (Phi) is 5.26. The smallest absolute Gasteiger partial charge is 0.327 e. The second-order valence-electron chi connectivity index (χ2n) is 6.37. The molecule has 6 heteroatoms. The summed E-state index contributed by atoms with van der Waals surface area (Å²) in [6.45, 7) is 3.66. The molecule has 0 heterocycles. The molecule has 0 radical (unpaired) electrons. The van der Waals surface area contributed by atoms with Crippen molar-refractivity contribution in [1.29, 1.82) is 0 Å². The fourth-order valence-electron chi connectivity index (χ4n) is 2.97. The zero-order valence-corrected chi connectivity index (χ0v) is 13.9. The highest BCUT2D eigenvalue weighted by atomic mass is 16.5. The number of fused-ring (bicyclic) bond motifs is 1. The van der Waals surface area contributed by atoms with E-state index >= 15 is 0 Å². The molecule has 0 aliphatic heterocycles. The zero-order chi connectivity index (χ0) is 17.0. The van der Waals surface area contributed by atoms with Gasteiger partial charge in [0, 0.05) is 18.5 Å². The Balaban J connectivity index is 1.90. The predicted octanol–water partition coefficient (Wildman–Crippen LogP) is 1.29. The van der Waals surface area contributed by atoms with Crippen molar-refractivity contribution in [3.8, 4) is 0 Å². The van der Waals surface area contributed by atoms with Crippen molar-refractivity contribution in [2.75, 3.05) is 13.7 Å². The minimum atomic E-state index is -1.24. The van der Waals surface area contributed by atoms with E-state index < -0.39 is 11.5 Å². The van der Waals surface area contributed by atoms with Crippen LogP contribution in [0, 0.1) is 0 Å². The van der Waals surface area contributed by atoms with Crippen molar-refractivity contribution in [3.63, 3.8) is 0 Å². The molecule has 2 rings (SSSR count). The van der Waals surface area contributed by atoms with Crippen LogP contribution in [0.3, 0.4) is 0 Å². The second kappa shape index (κ2) is 7.00. The summed E-state index contributed by atoms with van der Waals surface area (Å²) < 4.78 is 4.62. The molecule has 1 aliphatic carbocycles. The van der Waals surface area contributed by atoms with Crippen LogP contribution in [0.1, 0.15) is 37.3 Å². The maximum atomic E-state index is 12.1. The Morgan fingerprint density at radius 3 is 2.78 bits per heavy atom. The molecule has 126 valence electrons. The topological polar surface area (TPSA) is 93.4 Å². The highest BCUT2D eigenvalue weighted by Gasteiger charge is 2.31. The van der Waals surface area contributed by atoms with E-state index in [1.807, 2.05) is 12.1 Å². The molecule has 6 nitrogen and oxygen atoms in total. The predicted molar refractivity (Wildman–Crippen MR) is 88.1 cm³/mol. The maximum Gasteiger partial charge on any atom is 0.327 e. The van der Waals surface area contributed by atoms with Crippen molar-refractivity contribution in [1.82, 2.24) is 10.6 Å². The first-order valence-electron chi connectivity index (χ1n) is 7.84. The lowest BCUT2D eigenvalue weighted by molar-refractivity contribution is -0.146. The highest BCUT2D eigenvalue weighted by molar-refractivity contribution is 5.82. The first-order chi connectivity index (χ1) is 10.8. The van der Waals surface area contributed by atoms with Crippen LogP contribution in [0.5, 0.6) is 0 Å². The molecule has 3 atom stereocenters. The lowest BCUT2D eigenvalue weighted by atomic mass is 9.80. The summed E-state index contributed by atoms with van der Waals surface area (Å²) in [5.41, 5.74) is 7.21. The van der Waals surface area contributed by atoms with Crippen LogP contribution < -0.4 is 16.4 Å². The standard InChI is InChI=1S/C17H25N3O3/c1-11-13-7-5-4-6-12(13)8-9-14(11)20-16(22)19-10-17(2,18)15(21)23-3/h4-7,11,14H,8-10,18H2,1-3H3,(H2,19,20,22)/t11-,14+,17+/m0/s1. The molecule has 0 fully saturated rings. The Morgan fingerprint density at radius 1 is 1.39 bits per heavy atom. The number of ether oxygens (including phenoxy) is 1. The summed E-state index contributed by atoms with van der Waals surface area (Å²) in [6.07, 6.45) is 1.84. The van der Waals surface area contributed by atoms with Gasteiger partial charge in [0.2, 0.25) is 0 Å². The number of esters is 1. The summed E-state index contributed by atoms with van der Waals surface area (Å²) in [5.74, 6) is -0.312. The first-order valence-corrected chi connectivity index (χ1v) is 7.84. The van der Waals surface area contributed by atoms with Crippen LogP contribution in [0.15, 0.2) is 24.3 Å². The molecule has 0 saturated carbocycles. The minimum Gasteiger partial charge on any atom is -0.468 e. The van der Waals surface area contributed by atoms with Crippen LogP contribution in [0.25, 0.3) is 0 Å². The summed E-state index contributed by atoms with van der Waals surface area (Å²) in [4.78, 5) is 23.6. The summed E-state index contributed by atoms with van der Waals surface area (Å²) in [6, 6.07) is 8.06. The molecule has 0 bridgehead atoms. The quantitative estimate of drug-likeness (QED) is 0.729. The van der Waals surface area contributed by atoms with Crippen LogP contribution in [-0.4, -0.2) is 37.2 Å². The second-order valence-corrected chi connectivity index (χ2v) is 6.37. The van der Waals surface area contributed by atoms with Gasteiger partial charge in [-0.3, -0.25) is 4.79 Å². The third-order valence-electron chi connectivity index (χ3n) is 4.46. The molecule has 2 amide bonds. The number of urea groups is 1. The van der Waals surface area contributed by atoms with Gasteiger partial charge in [-0.1, -0.05) is 31.2 Å². The molecule has 0 spiro atoms. The van der Waals surface area contributed by atoms with Gasteiger partial charge in [0.25, 0.3) is 0 Å². The lowest BCUT2D eigenvalue weighted by Gasteiger charge is -2.32. The van der Waals surface area contributed by atoms with Gasteiger partial charge in [0.15, 0.2) is 0 Å². The number of hydrogen-bond acceptors (Lipinski definition) is 4. The van der Waals surface area contributed by atoms with Gasteiger partial charge in [0.1, 0.15) is 5.54 Å². The molecule has 1 aromatic rings. The van der Waals surface area contributed by atoms with Gasteiger partial charge in [-0.25, -0.2) is 4.79 Å². The van der Waals surface area contributed by atoms with E-state index in [0.717, 1.165) is 12.8 Å². The largest absolute Gasteiger partial charge is 0.468 e. The summed E-state index contributed by atoms with van der Waals surface area (Å²) in [5, 5.41) is 5.64. The van der Waals surface area contributed by atoms with Gasteiger partial charge in [-0.15, -0.1) is 0 Å². The normalized spacial score (nSPS) is 22.4. The van der Waals surface area contributed by atoms with Gasteiger partial charge in [0.05, 0.1) is 7.11 Å². The van der Waals surface area contributed by atoms with Crippen molar-refractivity contribution in [3.05, 3.63) is 35.4 Å². The van der Waals surface area contributed by atoms with E-state index in [4.69, 9.17) is 5.73 Å². The highest BCUT2D eigenvalue weighted by Crippen LogP contribution is 2.31. The number of benzene rings is 1. The minimum absolute atomic E-state index is 0.0171. The first kappa shape index (κ1) is 17.3. The lowest BCUT2D eigenvalue weighted by Crippen LogP contribution is -2.56. The SMILES string of the molecule is COC(=O)[C@](C)(N)CNC(=O)N[C@@H]1CCc2ccccc2[C@@H]1C. The van der Waals surface area contributed by atoms with Gasteiger partial charge in [-0.2, -0.15) is 0 Å². The number of amides is 2. The molecule has 1 aliphatic rings. The van der Waals surface area contributed by atoms with Crippen molar-refractivity contribution >= 4 is 12.0 Å². The fourth-order valence-corrected chi connectivity index (χ4v) is 2.97. The molecule has 0 unspecified atom stereocenters. The number of rotatable bonds is 4. The van der Waals surface area contributed by atoms with Crippen LogP contribution in [0.2, 0.25) is 0 Å². The van der Waals surface area contributed by atoms with E-state index in [0.29, 0.717) is 0 Å². The molecule has 1 aromatic carbocycles. The van der Waals surface area contributed by atoms with E-state index in [2.05, 4.69) is 34.4 Å². The van der Waals surface area contributed by atoms with E-state index in [9.17, 15) is 9.59 Å². The van der Waals surface area contributed by atoms with E-state index in [1.54, 1.807) is 0 Å². The van der Waals surface area contributed by atoms with Crippen molar-refractivity contribution < 1.29 is 14.3 Å². The number of methoxy groups -OCH3 is 1. The van der Waals surface area contributed by atoms with Crippen LogP contribution >= 0.6 is 0 Å². The van der Waals surface area contributed by atoms with Crippen molar-refractivity contribution in [2.24, 2.45) is 5.73 Å². The fraction of sp³-hybridized carbons (Fsp3) is 0.529. The van der Waals surface area contributed by atoms with Crippen LogP contribution in [-0.2, 0) is 16.0 Å².